The first-order valence-corrected chi connectivity index (χ1v) is 5.39. The third-order valence-electron chi connectivity index (χ3n) is 2.90. The van der Waals surface area contributed by atoms with Crippen molar-refractivity contribution in [3.8, 4) is 6.07 Å². The molecule has 88 valence electrons. The van der Waals surface area contributed by atoms with E-state index in [9.17, 15) is 4.79 Å². The van der Waals surface area contributed by atoms with Crippen molar-refractivity contribution >= 4 is 5.97 Å². The molecule has 1 aliphatic rings. The molecule has 0 aliphatic heterocycles. The standard InChI is InChI=1S/C12H17NO3/c1-4-9-5-6-10(11(9)15-3)12(14)16-8(2)7-13/h6,8-11H,1,4-5H2,2-3H3. The predicted octanol–water partition coefficient (Wildman–Crippen LogP) is 1.52. The van der Waals surface area contributed by atoms with E-state index in [4.69, 9.17) is 14.7 Å². The molecular weight excluding hydrogens is 206 g/mol. The fraction of sp³-hybridized carbons (Fsp3) is 0.667. The number of hydrogen-bond donors (Lipinski definition) is 0. The van der Waals surface area contributed by atoms with Crippen molar-refractivity contribution in [2.45, 2.75) is 32.0 Å². The van der Waals surface area contributed by atoms with Crippen molar-refractivity contribution in [3.63, 3.8) is 0 Å². The number of carbonyl (C=O) groups excluding carboxylic acids is 1. The summed E-state index contributed by atoms with van der Waals surface area (Å²) in [4.78, 5) is 11.7. The highest BCUT2D eigenvalue weighted by Crippen LogP contribution is 2.35. The zero-order valence-corrected chi connectivity index (χ0v) is 9.68. The first kappa shape index (κ1) is 13.0. The number of carbonyl (C=O) groups is 1. The number of hydrogen-bond acceptors (Lipinski definition) is 4. The largest absolute Gasteiger partial charge is 0.447 e. The van der Waals surface area contributed by atoms with Gasteiger partial charge in [0.25, 0.3) is 0 Å². The molecule has 0 aromatic rings. The maximum atomic E-state index is 11.7. The summed E-state index contributed by atoms with van der Waals surface area (Å²) in [6.45, 7) is 5.38. The van der Waals surface area contributed by atoms with Crippen LogP contribution in [0, 0.1) is 36.5 Å². The van der Waals surface area contributed by atoms with E-state index in [1.54, 1.807) is 14.0 Å². The van der Waals surface area contributed by atoms with Crippen LogP contribution in [0.25, 0.3) is 0 Å². The average molecular weight is 223 g/mol. The van der Waals surface area contributed by atoms with Crippen molar-refractivity contribution in [1.29, 1.82) is 5.26 Å². The normalized spacial score (nSPS) is 30.8. The van der Waals surface area contributed by atoms with Gasteiger partial charge >= 0.3 is 5.97 Å². The van der Waals surface area contributed by atoms with E-state index in [-0.39, 0.29) is 23.9 Å². The van der Waals surface area contributed by atoms with Crippen LogP contribution in [-0.2, 0) is 14.3 Å². The quantitative estimate of drug-likeness (QED) is 0.678. The van der Waals surface area contributed by atoms with E-state index in [1.165, 1.54) is 0 Å². The Kier molecular flexibility index (Phi) is 4.75. The number of nitrogens with zero attached hydrogens (tertiary/aromatic N) is 1. The lowest BCUT2D eigenvalue weighted by Crippen LogP contribution is -2.32. The van der Waals surface area contributed by atoms with Crippen LogP contribution in [-0.4, -0.2) is 25.3 Å². The molecule has 0 saturated heterocycles. The van der Waals surface area contributed by atoms with Crippen LogP contribution >= 0.6 is 0 Å². The molecule has 0 spiro atoms. The van der Waals surface area contributed by atoms with Crippen LogP contribution < -0.4 is 0 Å². The SMILES string of the molecule is [CH2]CC1C[CH]C(C(=O)OC(C)C#N)C1OC. The molecule has 16 heavy (non-hydrogen) atoms. The Labute approximate surface area is 96.5 Å². The molecule has 0 bridgehead atoms. The molecular formula is C12H17NO3. The summed E-state index contributed by atoms with van der Waals surface area (Å²) in [7, 11) is 1.58. The van der Waals surface area contributed by atoms with E-state index in [0.717, 1.165) is 12.8 Å². The molecule has 0 N–H and O–H groups in total. The fourth-order valence-electron chi connectivity index (χ4n) is 2.01. The van der Waals surface area contributed by atoms with Gasteiger partial charge in [0, 0.05) is 7.11 Å². The topological polar surface area (TPSA) is 59.3 Å². The maximum Gasteiger partial charge on any atom is 0.313 e. The number of esters is 1. The summed E-state index contributed by atoms with van der Waals surface area (Å²) >= 11 is 0. The Balaban J connectivity index is 2.60. The van der Waals surface area contributed by atoms with Gasteiger partial charge in [-0.25, -0.2) is 0 Å². The van der Waals surface area contributed by atoms with Gasteiger partial charge in [-0.15, -0.1) is 0 Å². The van der Waals surface area contributed by atoms with E-state index < -0.39 is 6.10 Å². The monoisotopic (exact) mass is 223 g/mol. The molecule has 0 heterocycles. The molecule has 4 nitrogen and oxygen atoms in total. The van der Waals surface area contributed by atoms with E-state index in [1.807, 2.05) is 12.5 Å². The Morgan fingerprint density at radius 3 is 2.94 bits per heavy atom. The second kappa shape index (κ2) is 5.86. The van der Waals surface area contributed by atoms with E-state index in [0.29, 0.717) is 0 Å². The predicted molar refractivity (Wildman–Crippen MR) is 57.8 cm³/mol. The zero-order valence-electron chi connectivity index (χ0n) is 9.68. The zero-order chi connectivity index (χ0) is 12.1. The van der Waals surface area contributed by atoms with E-state index >= 15 is 0 Å². The van der Waals surface area contributed by atoms with Crippen LogP contribution in [0.1, 0.15) is 19.8 Å². The molecule has 4 atom stereocenters. The molecule has 2 radical (unpaired) electrons. The van der Waals surface area contributed by atoms with Crippen molar-refractivity contribution in [2.24, 2.45) is 11.8 Å². The first-order valence-electron chi connectivity index (χ1n) is 5.39. The van der Waals surface area contributed by atoms with Gasteiger partial charge in [-0.2, -0.15) is 5.26 Å². The van der Waals surface area contributed by atoms with Gasteiger partial charge in [0.2, 0.25) is 0 Å². The lowest BCUT2D eigenvalue weighted by Gasteiger charge is -2.21. The highest BCUT2D eigenvalue weighted by atomic mass is 16.5. The van der Waals surface area contributed by atoms with Crippen LogP contribution in [0.4, 0.5) is 0 Å². The Morgan fingerprint density at radius 2 is 2.44 bits per heavy atom. The lowest BCUT2D eigenvalue weighted by atomic mass is 9.98. The Hall–Kier alpha value is -1.08. The molecule has 0 aromatic carbocycles. The Bertz CT molecular complexity index is 284. The minimum absolute atomic E-state index is 0.170. The highest BCUT2D eigenvalue weighted by molar-refractivity contribution is 5.75. The summed E-state index contributed by atoms with van der Waals surface area (Å²) in [5.74, 6) is -0.482. The van der Waals surface area contributed by atoms with E-state index in [2.05, 4.69) is 6.92 Å². The molecule has 1 rings (SSSR count). The molecule has 4 unspecified atom stereocenters. The van der Waals surface area contributed by atoms with Crippen LogP contribution in [0.5, 0.6) is 0 Å². The fourth-order valence-corrected chi connectivity index (χ4v) is 2.01. The third kappa shape index (κ3) is 2.73. The van der Waals surface area contributed by atoms with Crippen molar-refractivity contribution in [2.75, 3.05) is 7.11 Å². The number of nitriles is 1. The number of ether oxygens (including phenoxy) is 2. The molecule has 4 heteroatoms. The van der Waals surface area contributed by atoms with Gasteiger partial charge in [-0.3, -0.25) is 4.79 Å². The molecule has 1 aliphatic carbocycles. The lowest BCUT2D eigenvalue weighted by molar-refractivity contribution is -0.153. The van der Waals surface area contributed by atoms with Gasteiger partial charge in [-0.05, 0) is 32.1 Å². The van der Waals surface area contributed by atoms with Crippen molar-refractivity contribution in [3.05, 3.63) is 13.3 Å². The van der Waals surface area contributed by atoms with Gasteiger partial charge in [-0.1, -0.05) is 6.92 Å². The molecule has 1 saturated carbocycles. The number of rotatable bonds is 4. The second-order valence-corrected chi connectivity index (χ2v) is 3.95. The average Bonchev–Trinajstić information content (AvgIpc) is 2.71. The third-order valence-corrected chi connectivity index (χ3v) is 2.90. The maximum absolute atomic E-state index is 11.7. The summed E-state index contributed by atoms with van der Waals surface area (Å²) in [6.07, 6.45) is 2.55. The van der Waals surface area contributed by atoms with Crippen molar-refractivity contribution < 1.29 is 14.3 Å². The summed E-state index contributed by atoms with van der Waals surface area (Å²) in [6, 6.07) is 1.87. The molecule has 0 aromatic heterocycles. The minimum Gasteiger partial charge on any atom is -0.447 e. The van der Waals surface area contributed by atoms with Gasteiger partial charge < -0.3 is 9.47 Å². The first-order chi connectivity index (χ1) is 7.63. The Morgan fingerprint density at radius 1 is 1.75 bits per heavy atom. The second-order valence-electron chi connectivity index (χ2n) is 3.95. The molecule has 1 fully saturated rings. The van der Waals surface area contributed by atoms with Crippen LogP contribution in [0.2, 0.25) is 0 Å². The minimum atomic E-state index is -0.711. The van der Waals surface area contributed by atoms with Crippen LogP contribution in [0.3, 0.4) is 0 Å². The summed E-state index contributed by atoms with van der Waals surface area (Å²) in [5.41, 5.74) is 0. The number of methoxy groups -OCH3 is 1. The highest BCUT2D eigenvalue weighted by Gasteiger charge is 2.41. The van der Waals surface area contributed by atoms with Gasteiger partial charge in [0.1, 0.15) is 6.07 Å². The summed E-state index contributed by atoms with van der Waals surface area (Å²) in [5, 5.41) is 8.57. The van der Waals surface area contributed by atoms with Gasteiger partial charge in [0.05, 0.1) is 12.0 Å². The van der Waals surface area contributed by atoms with Crippen molar-refractivity contribution in [1.82, 2.24) is 0 Å². The van der Waals surface area contributed by atoms with Gasteiger partial charge in [0.15, 0.2) is 6.10 Å². The smallest absolute Gasteiger partial charge is 0.313 e. The summed E-state index contributed by atoms with van der Waals surface area (Å²) < 4.78 is 10.3. The molecule has 0 amide bonds. The van der Waals surface area contributed by atoms with Crippen LogP contribution in [0.15, 0.2) is 0 Å².